The van der Waals surface area contributed by atoms with E-state index in [1.165, 1.54) is 49.7 Å². The fourth-order valence-electron chi connectivity index (χ4n) is 1.91. The third kappa shape index (κ3) is 10.1. The average Bonchev–Trinajstić information content (AvgIpc) is 2.27. The summed E-state index contributed by atoms with van der Waals surface area (Å²) in [5, 5.41) is 0. The highest BCUT2D eigenvalue weighted by Crippen LogP contribution is 2.14. The summed E-state index contributed by atoms with van der Waals surface area (Å²) in [6.45, 7) is 11.1. The van der Waals surface area contributed by atoms with Gasteiger partial charge in [-0.1, -0.05) is 48.8 Å². The van der Waals surface area contributed by atoms with Crippen LogP contribution in [-0.4, -0.2) is 0 Å². The summed E-state index contributed by atoms with van der Waals surface area (Å²) in [5.74, 6) is 0. The van der Waals surface area contributed by atoms with Gasteiger partial charge in [-0.3, -0.25) is 0 Å². The molecule has 0 heterocycles. The van der Waals surface area contributed by atoms with Crippen LogP contribution < -0.4 is 0 Å². The number of allylic oxidation sites excluding steroid dienone is 6. The van der Waals surface area contributed by atoms with Crippen molar-refractivity contribution in [3.05, 3.63) is 34.9 Å². The molecule has 0 aliphatic heterocycles. The van der Waals surface area contributed by atoms with E-state index in [1.807, 2.05) is 0 Å². The quantitative estimate of drug-likeness (QED) is 0.438. The highest BCUT2D eigenvalue weighted by molar-refractivity contribution is 5.06. The number of rotatable bonds is 8. The van der Waals surface area contributed by atoms with Crippen molar-refractivity contribution in [1.29, 1.82) is 0 Å². The van der Waals surface area contributed by atoms with Gasteiger partial charge in [0.05, 0.1) is 0 Å². The van der Waals surface area contributed by atoms with Gasteiger partial charge in [0.2, 0.25) is 0 Å². The van der Waals surface area contributed by atoms with E-state index in [4.69, 9.17) is 0 Å². The summed E-state index contributed by atoms with van der Waals surface area (Å²) in [6.07, 6.45) is 14.4. The van der Waals surface area contributed by atoms with Crippen molar-refractivity contribution in [3.8, 4) is 0 Å². The van der Waals surface area contributed by atoms with Crippen LogP contribution in [0.4, 0.5) is 0 Å². The number of hydrogen-bond acceptors (Lipinski definition) is 0. The van der Waals surface area contributed by atoms with Crippen LogP contribution in [0.2, 0.25) is 0 Å². The second kappa shape index (κ2) is 10.4. The molecule has 0 atom stereocenters. The highest BCUT2D eigenvalue weighted by atomic mass is 14.0. The minimum Gasteiger partial charge on any atom is -0.0856 e. The van der Waals surface area contributed by atoms with E-state index in [0.29, 0.717) is 0 Å². The summed E-state index contributed by atoms with van der Waals surface area (Å²) in [6, 6.07) is 0. The van der Waals surface area contributed by atoms with E-state index < -0.39 is 0 Å². The van der Waals surface area contributed by atoms with Crippen molar-refractivity contribution >= 4 is 0 Å². The van der Waals surface area contributed by atoms with Gasteiger partial charge in [0.15, 0.2) is 0 Å². The molecular formula is C17H30. The molecule has 0 bridgehead atoms. The molecule has 0 N–H and O–H groups in total. The topological polar surface area (TPSA) is 0 Å². The molecule has 0 rings (SSSR count). The van der Waals surface area contributed by atoms with Crippen molar-refractivity contribution in [2.24, 2.45) is 0 Å². The minimum absolute atomic E-state index is 1.17. The van der Waals surface area contributed by atoms with Gasteiger partial charge in [-0.25, -0.2) is 0 Å². The van der Waals surface area contributed by atoms with E-state index in [0.717, 1.165) is 0 Å². The second-order valence-electron chi connectivity index (χ2n) is 5.03. The lowest BCUT2D eigenvalue weighted by Crippen LogP contribution is -1.83. The van der Waals surface area contributed by atoms with E-state index in [2.05, 4.69) is 52.8 Å². The summed E-state index contributed by atoms with van der Waals surface area (Å²) >= 11 is 0. The molecular weight excluding hydrogens is 204 g/mol. The van der Waals surface area contributed by atoms with E-state index in [9.17, 15) is 0 Å². The molecule has 0 spiro atoms. The largest absolute Gasteiger partial charge is 0.0856 e. The van der Waals surface area contributed by atoms with Crippen LogP contribution in [0.1, 0.15) is 73.1 Å². The van der Waals surface area contributed by atoms with Gasteiger partial charge < -0.3 is 0 Å². The maximum Gasteiger partial charge on any atom is -0.0286 e. The Balaban J connectivity index is 3.91. The summed E-state index contributed by atoms with van der Waals surface area (Å²) < 4.78 is 0. The smallest absolute Gasteiger partial charge is 0.0286 e. The molecule has 0 aliphatic rings. The van der Waals surface area contributed by atoms with Gasteiger partial charge in [0, 0.05) is 0 Å². The molecule has 0 amide bonds. The molecule has 98 valence electrons. The van der Waals surface area contributed by atoms with Crippen LogP contribution in [0.25, 0.3) is 0 Å². The van der Waals surface area contributed by atoms with Crippen LogP contribution in [0.3, 0.4) is 0 Å². The first-order valence-corrected chi connectivity index (χ1v) is 7.07. The maximum atomic E-state index is 2.41. The van der Waals surface area contributed by atoms with Crippen LogP contribution in [0.15, 0.2) is 34.9 Å². The van der Waals surface area contributed by atoms with Crippen molar-refractivity contribution < 1.29 is 0 Å². The lowest BCUT2D eigenvalue weighted by molar-refractivity contribution is 0.875. The zero-order valence-corrected chi connectivity index (χ0v) is 12.5. The Morgan fingerprint density at radius 1 is 0.824 bits per heavy atom. The minimum atomic E-state index is 1.17. The van der Waals surface area contributed by atoms with Crippen molar-refractivity contribution in [2.75, 3.05) is 0 Å². The van der Waals surface area contributed by atoms with Crippen molar-refractivity contribution in [2.45, 2.75) is 73.1 Å². The van der Waals surface area contributed by atoms with Crippen LogP contribution in [0.5, 0.6) is 0 Å². The highest BCUT2D eigenvalue weighted by Gasteiger charge is 1.93. The number of hydrogen-bond donors (Lipinski definition) is 0. The Morgan fingerprint density at radius 3 is 2.00 bits per heavy atom. The third-order valence-corrected chi connectivity index (χ3v) is 3.00. The van der Waals surface area contributed by atoms with Gasteiger partial charge in [0.25, 0.3) is 0 Å². The standard InChI is InChI=1S/C17H30/c1-6-10-17(7-2)14-9-13-16(5)12-8-11-15(3)4/h10-11,13H,6-9,12,14H2,1-5H3. The Kier molecular flexibility index (Phi) is 9.90. The van der Waals surface area contributed by atoms with Crippen molar-refractivity contribution in [3.63, 3.8) is 0 Å². The molecule has 0 saturated heterocycles. The summed E-state index contributed by atoms with van der Waals surface area (Å²) in [7, 11) is 0. The first-order chi connectivity index (χ1) is 8.10. The molecule has 0 aliphatic carbocycles. The predicted molar refractivity (Wildman–Crippen MR) is 80.3 cm³/mol. The van der Waals surface area contributed by atoms with Gasteiger partial charge in [-0.15, -0.1) is 0 Å². The zero-order chi connectivity index (χ0) is 13.1. The summed E-state index contributed by atoms with van der Waals surface area (Å²) in [4.78, 5) is 0. The zero-order valence-electron chi connectivity index (χ0n) is 12.5. The molecule has 0 fully saturated rings. The average molecular weight is 234 g/mol. The van der Waals surface area contributed by atoms with Crippen LogP contribution in [-0.2, 0) is 0 Å². The lowest BCUT2D eigenvalue weighted by Gasteiger charge is -2.03. The maximum absolute atomic E-state index is 2.41. The summed E-state index contributed by atoms with van der Waals surface area (Å²) in [5.41, 5.74) is 4.58. The Bertz CT molecular complexity index is 272. The van der Waals surface area contributed by atoms with Gasteiger partial charge in [-0.05, 0) is 59.3 Å². The molecule has 0 unspecified atom stereocenters. The van der Waals surface area contributed by atoms with Crippen molar-refractivity contribution in [1.82, 2.24) is 0 Å². The molecule has 0 saturated carbocycles. The Labute approximate surface area is 109 Å². The Hall–Kier alpha value is -0.780. The molecule has 0 nitrogen and oxygen atoms in total. The van der Waals surface area contributed by atoms with E-state index >= 15 is 0 Å². The van der Waals surface area contributed by atoms with Gasteiger partial charge in [-0.2, -0.15) is 0 Å². The molecule has 0 aromatic rings. The fourth-order valence-corrected chi connectivity index (χ4v) is 1.91. The van der Waals surface area contributed by atoms with E-state index in [1.54, 1.807) is 5.57 Å². The van der Waals surface area contributed by atoms with Gasteiger partial charge >= 0.3 is 0 Å². The van der Waals surface area contributed by atoms with Gasteiger partial charge in [0.1, 0.15) is 0 Å². The first kappa shape index (κ1) is 16.2. The molecule has 0 heteroatoms. The molecule has 0 radical (unpaired) electrons. The molecule has 17 heavy (non-hydrogen) atoms. The Morgan fingerprint density at radius 2 is 1.47 bits per heavy atom. The SMILES string of the molecule is CCC=C(CC)CCC=C(C)CCC=C(C)C. The van der Waals surface area contributed by atoms with Crippen LogP contribution >= 0.6 is 0 Å². The lowest BCUT2D eigenvalue weighted by atomic mass is 10.0. The second-order valence-corrected chi connectivity index (χ2v) is 5.03. The van der Waals surface area contributed by atoms with Crippen LogP contribution in [0, 0.1) is 0 Å². The normalized spacial score (nSPS) is 12.8. The monoisotopic (exact) mass is 234 g/mol. The predicted octanol–water partition coefficient (Wildman–Crippen LogP) is 6.21. The molecule has 0 aromatic carbocycles. The fraction of sp³-hybridized carbons (Fsp3) is 0.647. The first-order valence-electron chi connectivity index (χ1n) is 7.07. The third-order valence-electron chi connectivity index (χ3n) is 3.00. The molecule has 0 aromatic heterocycles. The van der Waals surface area contributed by atoms with E-state index in [-0.39, 0.29) is 0 Å².